The Morgan fingerprint density at radius 3 is 2.03 bits per heavy atom. The van der Waals surface area contributed by atoms with Crippen LogP contribution in [0.5, 0.6) is 5.75 Å². The zero-order valence-electron chi connectivity index (χ0n) is 22.0. The maximum absolute atomic E-state index is 12.1. The van der Waals surface area contributed by atoms with Crippen molar-refractivity contribution in [3.8, 4) is 28.3 Å². The summed E-state index contributed by atoms with van der Waals surface area (Å²) in [7, 11) is 0. The summed E-state index contributed by atoms with van der Waals surface area (Å²) in [5.74, 6) is 0.922. The van der Waals surface area contributed by atoms with Crippen LogP contribution >= 0.6 is 0 Å². The van der Waals surface area contributed by atoms with Crippen LogP contribution in [0.25, 0.3) is 22.5 Å². The van der Waals surface area contributed by atoms with Gasteiger partial charge in [0.15, 0.2) is 11.9 Å². The predicted octanol–water partition coefficient (Wildman–Crippen LogP) is 7.82. The minimum Gasteiger partial charge on any atom is -0.479 e. The van der Waals surface area contributed by atoms with Gasteiger partial charge in [-0.25, -0.2) is 14.8 Å². The van der Waals surface area contributed by atoms with E-state index in [1.807, 2.05) is 36.7 Å². The number of aromatic nitrogens is 2. The third-order valence-electron chi connectivity index (χ3n) is 6.26. The number of rotatable bonds is 15. The second-order valence-corrected chi connectivity index (χ2v) is 9.32. The SMILES string of the molecule is CCCCCCCc1ccc(-c2cnc(-c3ccc(OC(C)C(=O)OCCCCC)cc3)nc2)cc1. The Balaban J connectivity index is 1.51. The molecule has 2 aromatic carbocycles. The van der Waals surface area contributed by atoms with Gasteiger partial charge < -0.3 is 9.47 Å². The van der Waals surface area contributed by atoms with E-state index in [1.54, 1.807) is 6.92 Å². The molecule has 0 radical (unpaired) electrons. The lowest BCUT2D eigenvalue weighted by atomic mass is 10.0. The molecular weight excluding hydrogens is 448 g/mol. The first-order valence-corrected chi connectivity index (χ1v) is 13.5. The Bertz CT molecular complexity index is 1030. The molecule has 1 aromatic heterocycles. The molecule has 1 heterocycles. The van der Waals surface area contributed by atoms with E-state index in [1.165, 1.54) is 37.7 Å². The smallest absolute Gasteiger partial charge is 0.347 e. The summed E-state index contributed by atoms with van der Waals surface area (Å²) < 4.78 is 11.0. The number of esters is 1. The lowest BCUT2D eigenvalue weighted by molar-refractivity contribution is -0.151. The van der Waals surface area contributed by atoms with E-state index >= 15 is 0 Å². The zero-order chi connectivity index (χ0) is 25.6. The van der Waals surface area contributed by atoms with Gasteiger partial charge in [0.05, 0.1) is 6.61 Å². The average molecular weight is 489 g/mol. The summed E-state index contributed by atoms with van der Waals surface area (Å²) in [5, 5.41) is 0. The number of ether oxygens (including phenoxy) is 2. The molecule has 3 rings (SSSR count). The standard InChI is InChI=1S/C31H40N2O3/c1-4-6-8-9-10-12-25-13-15-26(16-14-25)28-22-32-30(33-23-28)27-17-19-29(20-18-27)36-24(3)31(34)35-21-11-7-5-2/h13-20,22-24H,4-12,21H2,1-3H3. The van der Waals surface area contributed by atoms with Gasteiger partial charge in [-0.2, -0.15) is 0 Å². The molecule has 1 unspecified atom stereocenters. The van der Waals surface area contributed by atoms with Crippen molar-refractivity contribution in [3.63, 3.8) is 0 Å². The number of nitrogens with zero attached hydrogens (tertiary/aromatic N) is 2. The fourth-order valence-corrected chi connectivity index (χ4v) is 4.00. The van der Waals surface area contributed by atoms with Crippen LogP contribution in [0, 0.1) is 0 Å². The highest BCUT2D eigenvalue weighted by molar-refractivity contribution is 5.74. The number of carbonyl (C=O) groups is 1. The van der Waals surface area contributed by atoms with Crippen molar-refractivity contribution >= 4 is 5.97 Å². The van der Waals surface area contributed by atoms with E-state index in [2.05, 4.69) is 48.1 Å². The van der Waals surface area contributed by atoms with E-state index in [9.17, 15) is 4.79 Å². The molecule has 0 saturated carbocycles. The van der Waals surface area contributed by atoms with Crippen LogP contribution in [-0.4, -0.2) is 28.6 Å². The number of hydrogen-bond donors (Lipinski definition) is 0. The number of carbonyl (C=O) groups excluding carboxylic acids is 1. The van der Waals surface area contributed by atoms with Crippen LogP contribution in [0.15, 0.2) is 60.9 Å². The van der Waals surface area contributed by atoms with E-state index in [-0.39, 0.29) is 5.97 Å². The summed E-state index contributed by atoms with van der Waals surface area (Å²) >= 11 is 0. The second-order valence-electron chi connectivity index (χ2n) is 9.32. The molecule has 0 aliphatic heterocycles. The summed E-state index contributed by atoms with van der Waals surface area (Å²) in [6, 6.07) is 16.2. The fourth-order valence-electron chi connectivity index (χ4n) is 4.00. The van der Waals surface area contributed by atoms with Crippen LogP contribution in [0.2, 0.25) is 0 Å². The van der Waals surface area contributed by atoms with E-state index in [0.717, 1.165) is 42.4 Å². The van der Waals surface area contributed by atoms with E-state index in [0.29, 0.717) is 18.2 Å². The average Bonchev–Trinajstić information content (AvgIpc) is 2.92. The highest BCUT2D eigenvalue weighted by Gasteiger charge is 2.16. The Hall–Kier alpha value is -3.21. The number of aryl methyl sites for hydroxylation is 1. The van der Waals surface area contributed by atoms with Gasteiger partial charge in [0, 0.05) is 23.5 Å². The van der Waals surface area contributed by atoms with Crippen molar-refractivity contribution in [2.75, 3.05) is 6.61 Å². The summed E-state index contributed by atoms with van der Waals surface area (Å²) in [5.41, 5.74) is 4.39. The molecule has 0 aliphatic carbocycles. The van der Waals surface area contributed by atoms with Crippen LogP contribution in [0.1, 0.15) is 77.7 Å². The van der Waals surface area contributed by atoms with Gasteiger partial charge in [-0.05, 0) is 61.6 Å². The number of unbranched alkanes of at least 4 members (excludes halogenated alkanes) is 6. The largest absolute Gasteiger partial charge is 0.479 e. The molecule has 36 heavy (non-hydrogen) atoms. The fraction of sp³-hybridized carbons (Fsp3) is 0.452. The first-order valence-electron chi connectivity index (χ1n) is 13.5. The Morgan fingerprint density at radius 2 is 1.36 bits per heavy atom. The van der Waals surface area contributed by atoms with Gasteiger partial charge in [-0.15, -0.1) is 0 Å². The molecule has 0 fully saturated rings. The van der Waals surface area contributed by atoms with E-state index < -0.39 is 6.10 Å². The van der Waals surface area contributed by atoms with E-state index in [4.69, 9.17) is 9.47 Å². The summed E-state index contributed by atoms with van der Waals surface area (Å²) in [6.07, 6.45) is 13.8. The minimum atomic E-state index is -0.652. The van der Waals surface area contributed by atoms with Crippen LogP contribution in [-0.2, 0) is 16.0 Å². The van der Waals surface area contributed by atoms with Crippen molar-refractivity contribution < 1.29 is 14.3 Å². The van der Waals surface area contributed by atoms with Crippen molar-refractivity contribution in [1.82, 2.24) is 9.97 Å². The third-order valence-corrected chi connectivity index (χ3v) is 6.26. The molecule has 0 amide bonds. The van der Waals surface area contributed by atoms with Crippen molar-refractivity contribution in [3.05, 3.63) is 66.5 Å². The quantitative estimate of drug-likeness (QED) is 0.161. The lowest BCUT2D eigenvalue weighted by Crippen LogP contribution is -2.26. The van der Waals surface area contributed by atoms with Crippen molar-refractivity contribution in [1.29, 1.82) is 0 Å². The first-order chi connectivity index (χ1) is 17.6. The molecule has 192 valence electrons. The highest BCUT2D eigenvalue weighted by Crippen LogP contribution is 2.23. The zero-order valence-corrected chi connectivity index (χ0v) is 22.0. The molecular formula is C31H40N2O3. The lowest BCUT2D eigenvalue weighted by Gasteiger charge is -2.14. The Kier molecular flexibility index (Phi) is 11.4. The van der Waals surface area contributed by atoms with Gasteiger partial charge in [-0.3, -0.25) is 0 Å². The minimum absolute atomic E-state index is 0.339. The predicted molar refractivity (Wildman–Crippen MR) is 146 cm³/mol. The van der Waals surface area contributed by atoms with Gasteiger partial charge in [0.25, 0.3) is 0 Å². The third kappa shape index (κ3) is 8.78. The maximum atomic E-state index is 12.1. The second kappa shape index (κ2) is 15.0. The van der Waals surface area contributed by atoms with Crippen LogP contribution < -0.4 is 4.74 Å². The molecule has 0 aliphatic rings. The van der Waals surface area contributed by atoms with Gasteiger partial charge in [-0.1, -0.05) is 76.6 Å². The Morgan fingerprint density at radius 1 is 0.750 bits per heavy atom. The molecule has 3 aromatic rings. The molecule has 1 atom stereocenters. The van der Waals surface area contributed by atoms with Gasteiger partial charge in [0.1, 0.15) is 5.75 Å². The monoisotopic (exact) mass is 488 g/mol. The highest BCUT2D eigenvalue weighted by atomic mass is 16.6. The number of hydrogen-bond acceptors (Lipinski definition) is 5. The van der Waals surface area contributed by atoms with Crippen LogP contribution in [0.3, 0.4) is 0 Å². The normalized spacial score (nSPS) is 11.8. The molecule has 5 nitrogen and oxygen atoms in total. The molecule has 0 spiro atoms. The van der Waals surface area contributed by atoms with Crippen molar-refractivity contribution in [2.24, 2.45) is 0 Å². The molecule has 0 N–H and O–H groups in total. The van der Waals surface area contributed by atoms with Crippen molar-refractivity contribution in [2.45, 2.75) is 84.7 Å². The molecule has 0 saturated heterocycles. The Labute approximate surface area is 216 Å². The number of benzene rings is 2. The first kappa shape index (κ1) is 27.4. The topological polar surface area (TPSA) is 61.3 Å². The molecule has 0 bridgehead atoms. The van der Waals surface area contributed by atoms with Gasteiger partial charge >= 0.3 is 5.97 Å². The van der Waals surface area contributed by atoms with Gasteiger partial charge in [0.2, 0.25) is 0 Å². The summed E-state index contributed by atoms with van der Waals surface area (Å²) in [4.78, 5) is 21.2. The summed E-state index contributed by atoms with van der Waals surface area (Å²) in [6.45, 7) is 6.51. The molecule has 5 heteroatoms. The maximum Gasteiger partial charge on any atom is 0.347 e. The van der Waals surface area contributed by atoms with Crippen LogP contribution in [0.4, 0.5) is 0 Å².